The highest BCUT2D eigenvalue weighted by Gasteiger charge is 2.34. The van der Waals surface area contributed by atoms with Crippen LogP contribution in [0.2, 0.25) is 0 Å². The van der Waals surface area contributed by atoms with Gasteiger partial charge in [0.25, 0.3) is 0 Å². The predicted molar refractivity (Wildman–Crippen MR) is 85.5 cm³/mol. The van der Waals surface area contributed by atoms with Gasteiger partial charge in [-0.2, -0.15) is 0 Å². The number of benzene rings is 2. The Morgan fingerprint density at radius 2 is 1.95 bits per heavy atom. The zero-order valence-electron chi connectivity index (χ0n) is 12.2. The molecule has 1 aliphatic rings. The van der Waals surface area contributed by atoms with Gasteiger partial charge in [0.1, 0.15) is 11.3 Å². The Morgan fingerprint density at radius 3 is 2.76 bits per heavy atom. The van der Waals surface area contributed by atoms with Crippen molar-refractivity contribution in [3.05, 3.63) is 71.5 Å². The highest BCUT2D eigenvalue weighted by Crippen LogP contribution is 2.44. The summed E-state index contributed by atoms with van der Waals surface area (Å²) in [7, 11) is 0. The van der Waals surface area contributed by atoms with E-state index in [4.69, 9.17) is 4.42 Å². The van der Waals surface area contributed by atoms with Gasteiger partial charge in [-0.1, -0.05) is 49.4 Å². The molecule has 1 aromatic heterocycles. The molecular formula is C19H19NO. The molecule has 0 amide bonds. The van der Waals surface area contributed by atoms with Gasteiger partial charge in [-0.3, -0.25) is 0 Å². The highest BCUT2D eigenvalue weighted by atomic mass is 16.3. The maximum atomic E-state index is 6.09. The maximum absolute atomic E-state index is 6.09. The molecule has 2 unspecified atom stereocenters. The zero-order valence-corrected chi connectivity index (χ0v) is 12.2. The summed E-state index contributed by atoms with van der Waals surface area (Å²) in [4.78, 5) is 0. The molecule has 0 saturated heterocycles. The first kappa shape index (κ1) is 12.7. The third-order valence-electron chi connectivity index (χ3n) is 4.47. The predicted octanol–water partition coefficient (Wildman–Crippen LogP) is 4.42. The molecule has 0 bridgehead atoms. The minimum atomic E-state index is 0.261. The summed E-state index contributed by atoms with van der Waals surface area (Å²) in [6.45, 7) is 3.10. The van der Waals surface area contributed by atoms with Gasteiger partial charge in [0.05, 0.1) is 6.04 Å². The lowest BCUT2D eigenvalue weighted by Gasteiger charge is -2.36. The standard InChI is InChI=1S/C19H19NO/c1-2-20-19(16-11-13-7-3-5-9-15(13)16)18-12-14-8-4-6-10-17(14)21-18/h3-10,12,16,19-20H,2,11H2,1H3. The molecule has 4 rings (SSSR count). The summed E-state index contributed by atoms with van der Waals surface area (Å²) in [5.41, 5.74) is 3.91. The van der Waals surface area contributed by atoms with E-state index in [1.54, 1.807) is 0 Å². The van der Waals surface area contributed by atoms with Crippen molar-refractivity contribution in [1.82, 2.24) is 5.32 Å². The normalized spacial score (nSPS) is 18.2. The topological polar surface area (TPSA) is 25.2 Å². The number of nitrogens with one attached hydrogen (secondary N) is 1. The molecule has 106 valence electrons. The summed E-state index contributed by atoms with van der Waals surface area (Å²) in [5, 5.41) is 4.79. The van der Waals surface area contributed by atoms with Crippen molar-refractivity contribution in [1.29, 1.82) is 0 Å². The highest BCUT2D eigenvalue weighted by molar-refractivity contribution is 5.77. The van der Waals surface area contributed by atoms with Gasteiger partial charge in [-0.15, -0.1) is 0 Å². The summed E-state index contributed by atoms with van der Waals surface area (Å²) < 4.78 is 6.09. The second kappa shape index (κ2) is 5.05. The average molecular weight is 277 g/mol. The number of hydrogen-bond acceptors (Lipinski definition) is 2. The van der Waals surface area contributed by atoms with E-state index in [0.717, 1.165) is 24.3 Å². The Balaban J connectivity index is 1.72. The molecule has 0 fully saturated rings. The molecule has 0 radical (unpaired) electrons. The number of rotatable bonds is 4. The van der Waals surface area contributed by atoms with Crippen LogP contribution in [0.1, 0.15) is 35.8 Å². The molecule has 2 aromatic carbocycles. The van der Waals surface area contributed by atoms with Crippen LogP contribution in [0.25, 0.3) is 11.0 Å². The Morgan fingerprint density at radius 1 is 1.14 bits per heavy atom. The van der Waals surface area contributed by atoms with Crippen molar-refractivity contribution in [3.63, 3.8) is 0 Å². The molecule has 2 heteroatoms. The molecule has 2 nitrogen and oxygen atoms in total. The number of para-hydroxylation sites is 1. The SMILES string of the molecule is CCNC(c1cc2ccccc2o1)C1Cc2ccccc21. The van der Waals surface area contributed by atoms with E-state index < -0.39 is 0 Å². The second-order valence-corrected chi connectivity index (χ2v) is 5.73. The fraction of sp³-hybridized carbons (Fsp3) is 0.263. The third-order valence-corrected chi connectivity index (χ3v) is 4.47. The third kappa shape index (κ3) is 2.07. The number of hydrogen-bond donors (Lipinski definition) is 1. The summed E-state index contributed by atoms with van der Waals surface area (Å²) in [6.07, 6.45) is 1.13. The summed E-state index contributed by atoms with van der Waals surface area (Å²) in [5.74, 6) is 1.57. The lowest BCUT2D eigenvalue weighted by molar-refractivity contribution is 0.359. The first-order valence-electron chi connectivity index (χ1n) is 7.66. The minimum Gasteiger partial charge on any atom is -0.459 e. The van der Waals surface area contributed by atoms with Crippen molar-refractivity contribution in [2.75, 3.05) is 6.54 Å². The fourth-order valence-electron chi connectivity index (χ4n) is 3.41. The van der Waals surface area contributed by atoms with E-state index in [1.165, 1.54) is 16.5 Å². The zero-order chi connectivity index (χ0) is 14.2. The van der Waals surface area contributed by atoms with E-state index >= 15 is 0 Å². The molecule has 3 aromatic rings. The van der Waals surface area contributed by atoms with E-state index in [2.05, 4.69) is 54.7 Å². The van der Waals surface area contributed by atoms with Gasteiger partial charge in [0, 0.05) is 11.3 Å². The summed E-state index contributed by atoms with van der Waals surface area (Å²) >= 11 is 0. The maximum Gasteiger partial charge on any atom is 0.134 e. The Kier molecular flexibility index (Phi) is 3.04. The van der Waals surface area contributed by atoms with Crippen molar-refractivity contribution >= 4 is 11.0 Å². The van der Waals surface area contributed by atoms with Crippen LogP contribution in [0.5, 0.6) is 0 Å². The van der Waals surface area contributed by atoms with Crippen LogP contribution < -0.4 is 5.32 Å². The largest absolute Gasteiger partial charge is 0.459 e. The van der Waals surface area contributed by atoms with Gasteiger partial charge in [-0.05, 0) is 36.2 Å². The van der Waals surface area contributed by atoms with Crippen LogP contribution >= 0.6 is 0 Å². The number of furan rings is 1. The summed E-state index contributed by atoms with van der Waals surface area (Å²) in [6, 6.07) is 19.4. The lowest BCUT2D eigenvalue weighted by Crippen LogP contribution is -2.33. The van der Waals surface area contributed by atoms with Crippen molar-refractivity contribution in [3.8, 4) is 0 Å². The molecule has 0 saturated carbocycles. The van der Waals surface area contributed by atoms with Gasteiger partial charge in [-0.25, -0.2) is 0 Å². The van der Waals surface area contributed by atoms with Crippen molar-refractivity contribution in [2.45, 2.75) is 25.3 Å². The molecule has 0 spiro atoms. The smallest absolute Gasteiger partial charge is 0.134 e. The van der Waals surface area contributed by atoms with Gasteiger partial charge in [0.2, 0.25) is 0 Å². The molecule has 1 aliphatic carbocycles. The minimum absolute atomic E-state index is 0.261. The monoisotopic (exact) mass is 277 g/mol. The van der Waals surface area contributed by atoms with Crippen LogP contribution in [0.4, 0.5) is 0 Å². The number of fused-ring (bicyclic) bond motifs is 2. The molecule has 1 heterocycles. The Hall–Kier alpha value is -2.06. The quantitative estimate of drug-likeness (QED) is 0.763. The number of likely N-dealkylation sites (N-methyl/N-ethyl adjacent to an activating group) is 1. The lowest BCUT2D eigenvalue weighted by atomic mass is 9.73. The molecule has 0 aliphatic heterocycles. The molecular weight excluding hydrogens is 258 g/mol. The van der Waals surface area contributed by atoms with Crippen LogP contribution in [0.15, 0.2) is 59.0 Å². The van der Waals surface area contributed by atoms with Gasteiger partial charge >= 0.3 is 0 Å². The van der Waals surface area contributed by atoms with Gasteiger partial charge in [0.15, 0.2) is 0 Å². The van der Waals surface area contributed by atoms with Gasteiger partial charge < -0.3 is 9.73 Å². The molecule has 2 atom stereocenters. The average Bonchev–Trinajstić information content (AvgIpc) is 2.91. The van der Waals surface area contributed by atoms with E-state index in [9.17, 15) is 0 Å². The molecule has 21 heavy (non-hydrogen) atoms. The van der Waals surface area contributed by atoms with Crippen LogP contribution in [-0.2, 0) is 6.42 Å². The van der Waals surface area contributed by atoms with Crippen molar-refractivity contribution in [2.24, 2.45) is 0 Å². The first-order valence-corrected chi connectivity index (χ1v) is 7.66. The second-order valence-electron chi connectivity index (χ2n) is 5.73. The molecule has 1 N–H and O–H groups in total. The van der Waals surface area contributed by atoms with E-state index in [1.807, 2.05) is 12.1 Å². The van der Waals surface area contributed by atoms with Crippen molar-refractivity contribution < 1.29 is 4.42 Å². The van der Waals surface area contributed by atoms with Crippen LogP contribution in [-0.4, -0.2) is 6.54 Å². The van der Waals surface area contributed by atoms with Crippen LogP contribution in [0.3, 0.4) is 0 Å². The van der Waals surface area contributed by atoms with E-state index in [0.29, 0.717) is 5.92 Å². The Bertz CT molecular complexity index is 741. The first-order chi connectivity index (χ1) is 10.4. The van der Waals surface area contributed by atoms with E-state index in [-0.39, 0.29) is 6.04 Å². The van der Waals surface area contributed by atoms with Crippen LogP contribution in [0, 0.1) is 0 Å². The fourth-order valence-corrected chi connectivity index (χ4v) is 3.41. The Labute approximate surface area is 124 Å².